The number of hydrogen-bond donors (Lipinski definition) is 2. The third kappa shape index (κ3) is 4.61. The molecule has 0 saturated carbocycles. The minimum atomic E-state index is 0.578. The smallest absolute Gasteiger partial charge is 0.119 e. The van der Waals surface area contributed by atoms with Crippen molar-refractivity contribution in [1.29, 1.82) is 0 Å². The second-order valence-electron chi connectivity index (χ2n) is 3.07. The van der Waals surface area contributed by atoms with Gasteiger partial charge in [-0.2, -0.15) is 0 Å². The summed E-state index contributed by atoms with van der Waals surface area (Å²) in [5.41, 5.74) is 2.60. The van der Waals surface area contributed by atoms with E-state index in [0.717, 1.165) is 17.9 Å². The maximum atomic E-state index is 8.32. The van der Waals surface area contributed by atoms with Gasteiger partial charge in [-0.1, -0.05) is 19.1 Å². The number of hydrogen-bond acceptors (Lipinski definition) is 3. The molecule has 2 N–H and O–H groups in total. The van der Waals surface area contributed by atoms with Crippen molar-refractivity contribution in [2.45, 2.75) is 13.3 Å². The highest BCUT2D eigenvalue weighted by Crippen LogP contribution is 2.17. The zero-order chi connectivity index (χ0) is 11.6. The van der Waals surface area contributed by atoms with Crippen LogP contribution in [0.25, 0.3) is 0 Å². The summed E-state index contributed by atoms with van der Waals surface area (Å²) < 4.78 is 5.46. The van der Waals surface area contributed by atoms with Crippen LogP contribution in [0.15, 0.2) is 41.4 Å². The summed E-state index contributed by atoms with van der Waals surface area (Å²) in [5, 5.41) is 8.32. The lowest BCUT2D eigenvalue weighted by atomic mass is 10.3. The van der Waals surface area contributed by atoms with Crippen molar-refractivity contribution in [3.8, 4) is 5.75 Å². The third-order valence-corrected chi connectivity index (χ3v) is 1.86. The quantitative estimate of drug-likeness (QED) is 0.335. The van der Waals surface area contributed by atoms with Crippen LogP contribution in [0.3, 0.4) is 0 Å². The van der Waals surface area contributed by atoms with Gasteiger partial charge < -0.3 is 4.74 Å². The first kappa shape index (κ1) is 12.3. The molecule has 86 valence electrons. The number of aliphatic imine (C=N–C) groups is 1. The Hall–Kier alpha value is -1.81. The number of nitrogens with one attached hydrogen (secondary N) is 1. The fraction of sp³-hybridized carbons (Fsp3) is 0.250. The fourth-order valence-electron chi connectivity index (χ4n) is 1.11. The van der Waals surface area contributed by atoms with Crippen molar-refractivity contribution in [1.82, 2.24) is 5.48 Å². The van der Waals surface area contributed by atoms with E-state index in [1.54, 1.807) is 0 Å². The van der Waals surface area contributed by atoms with E-state index < -0.39 is 0 Å². The van der Waals surface area contributed by atoms with E-state index in [1.165, 1.54) is 6.34 Å². The lowest BCUT2D eigenvalue weighted by Crippen LogP contribution is -2.00. The molecule has 0 atom stereocenters. The summed E-state index contributed by atoms with van der Waals surface area (Å²) in [4.78, 5) is 3.92. The molecule has 4 heteroatoms. The molecular formula is C12H16N2O2. The Morgan fingerprint density at radius 2 is 2.06 bits per heavy atom. The van der Waals surface area contributed by atoms with Crippen LogP contribution in [-0.4, -0.2) is 18.2 Å². The van der Waals surface area contributed by atoms with Gasteiger partial charge in [0, 0.05) is 0 Å². The van der Waals surface area contributed by atoms with Crippen LogP contribution >= 0.6 is 0 Å². The van der Waals surface area contributed by atoms with Crippen molar-refractivity contribution in [2.24, 2.45) is 4.99 Å². The molecule has 0 unspecified atom stereocenters. The SMILES string of the molecule is CCC=CCOc1ccc(N=CNO)cc1. The van der Waals surface area contributed by atoms with Crippen LogP contribution in [0.5, 0.6) is 5.75 Å². The third-order valence-electron chi connectivity index (χ3n) is 1.86. The van der Waals surface area contributed by atoms with Crippen LogP contribution in [0.4, 0.5) is 5.69 Å². The number of benzene rings is 1. The number of ether oxygens (including phenoxy) is 1. The molecule has 0 fully saturated rings. The zero-order valence-electron chi connectivity index (χ0n) is 9.26. The van der Waals surface area contributed by atoms with Crippen molar-refractivity contribution in [3.05, 3.63) is 36.4 Å². The van der Waals surface area contributed by atoms with E-state index in [9.17, 15) is 0 Å². The second kappa shape index (κ2) is 7.48. The average Bonchev–Trinajstić information content (AvgIpc) is 2.33. The number of hydroxylamine groups is 1. The van der Waals surface area contributed by atoms with Crippen LogP contribution in [0.2, 0.25) is 0 Å². The van der Waals surface area contributed by atoms with Gasteiger partial charge in [-0.15, -0.1) is 0 Å². The van der Waals surface area contributed by atoms with Crippen LogP contribution in [0, 0.1) is 0 Å². The van der Waals surface area contributed by atoms with E-state index in [-0.39, 0.29) is 0 Å². The first-order valence-electron chi connectivity index (χ1n) is 5.17. The van der Waals surface area contributed by atoms with Gasteiger partial charge >= 0.3 is 0 Å². The summed E-state index contributed by atoms with van der Waals surface area (Å²) in [6.07, 6.45) is 6.28. The molecule has 1 rings (SSSR count). The Bertz CT molecular complexity index is 345. The van der Waals surface area contributed by atoms with Crippen LogP contribution in [-0.2, 0) is 0 Å². The second-order valence-corrected chi connectivity index (χ2v) is 3.07. The van der Waals surface area contributed by atoms with Gasteiger partial charge in [0.25, 0.3) is 0 Å². The number of nitrogens with zero attached hydrogens (tertiary/aromatic N) is 1. The summed E-state index contributed by atoms with van der Waals surface area (Å²) in [7, 11) is 0. The number of allylic oxidation sites excluding steroid dienone is 1. The molecule has 4 nitrogen and oxygen atoms in total. The van der Waals surface area contributed by atoms with Crippen LogP contribution < -0.4 is 10.2 Å². The van der Waals surface area contributed by atoms with Gasteiger partial charge in [0.05, 0.1) is 5.69 Å². The van der Waals surface area contributed by atoms with Crippen molar-refractivity contribution in [3.63, 3.8) is 0 Å². The monoisotopic (exact) mass is 220 g/mol. The van der Waals surface area contributed by atoms with Crippen LogP contribution in [0.1, 0.15) is 13.3 Å². The molecule has 0 aliphatic carbocycles. The summed E-state index contributed by atoms with van der Waals surface area (Å²) in [6, 6.07) is 7.30. The molecule has 0 heterocycles. The number of rotatable bonds is 6. The highest BCUT2D eigenvalue weighted by molar-refractivity contribution is 5.59. The normalized spacial score (nSPS) is 11.1. The minimum absolute atomic E-state index is 0.578. The molecule has 16 heavy (non-hydrogen) atoms. The first-order valence-corrected chi connectivity index (χ1v) is 5.17. The highest BCUT2D eigenvalue weighted by Gasteiger charge is 1.92. The van der Waals surface area contributed by atoms with Gasteiger partial charge in [0.2, 0.25) is 0 Å². The minimum Gasteiger partial charge on any atom is -0.490 e. The molecular weight excluding hydrogens is 204 g/mol. The molecule has 1 aromatic rings. The van der Waals surface area contributed by atoms with E-state index in [4.69, 9.17) is 9.94 Å². The molecule has 0 saturated heterocycles. The predicted molar refractivity (Wildman–Crippen MR) is 64.4 cm³/mol. The predicted octanol–water partition coefficient (Wildman–Crippen LogP) is 2.67. The van der Waals surface area contributed by atoms with E-state index >= 15 is 0 Å². The standard InChI is InChI=1S/C12H16N2O2/c1-2-3-4-9-16-12-7-5-11(6-8-12)13-10-14-15/h3-8,10,15H,2,9H2,1H3,(H,13,14). The molecule has 0 aliphatic rings. The van der Waals surface area contributed by atoms with Crippen molar-refractivity contribution >= 4 is 12.0 Å². The molecule has 0 aliphatic heterocycles. The summed E-state index contributed by atoms with van der Waals surface area (Å²) in [6.45, 7) is 2.66. The van der Waals surface area contributed by atoms with Gasteiger partial charge in [-0.25, -0.2) is 4.99 Å². The largest absolute Gasteiger partial charge is 0.490 e. The fourth-order valence-corrected chi connectivity index (χ4v) is 1.11. The Kier molecular flexibility index (Phi) is 5.73. The average molecular weight is 220 g/mol. The first-order chi connectivity index (χ1) is 7.86. The molecule has 0 aromatic heterocycles. The molecule has 1 aromatic carbocycles. The van der Waals surface area contributed by atoms with Gasteiger partial charge in [-0.05, 0) is 30.7 Å². The van der Waals surface area contributed by atoms with E-state index in [1.807, 2.05) is 35.8 Å². The van der Waals surface area contributed by atoms with E-state index in [2.05, 4.69) is 18.0 Å². The Morgan fingerprint density at radius 3 is 2.69 bits per heavy atom. The highest BCUT2D eigenvalue weighted by atomic mass is 16.5. The lowest BCUT2D eigenvalue weighted by Gasteiger charge is -2.02. The molecule has 0 amide bonds. The molecule has 0 bridgehead atoms. The lowest BCUT2D eigenvalue weighted by molar-refractivity contribution is 0.240. The van der Waals surface area contributed by atoms with Crippen molar-refractivity contribution in [2.75, 3.05) is 6.61 Å². The zero-order valence-corrected chi connectivity index (χ0v) is 9.26. The van der Waals surface area contributed by atoms with Gasteiger partial charge in [-0.3, -0.25) is 10.7 Å². The Labute approximate surface area is 95.2 Å². The maximum absolute atomic E-state index is 8.32. The van der Waals surface area contributed by atoms with E-state index in [0.29, 0.717) is 6.61 Å². The summed E-state index contributed by atoms with van der Waals surface area (Å²) >= 11 is 0. The summed E-state index contributed by atoms with van der Waals surface area (Å²) in [5.74, 6) is 0.802. The van der Waals surface area contributed by atoms with Crippen molar-refractivity contribution < 1.29 is 9.94 Å². The maximum Gasteiger partial charge on any atom is 0.119 e. The van der Waals surface area contributed by atoms with Gasteiger partial charge in [0.1, 0.15) is 18.7 Å². The Balaban J connectivity index is 2.45. The topological polar surface area (TPSA) is 53.8 Å². The molecule has 0 spiro atoms. The van der Waals surface area contributed by atoms with Gasteiger partial charge in [0.15, 0.2) is 0 Å². The molecule has 0 radical (unpaired) electrons. The Morgan fingerprint density at radius 1 is 1.31 bits per heavy atom.